The average molecular weight is 162 g/mol. The zero-order valence-electron chi connectivity index (χ0n) is 4.49. The van der Waals surface area contributed by atoms with Gasteiger partial charge < -0.3 is 5.32 Å². The van der Waals surface area contributed by atoms with Crippen molar-refractivity contribution in [2.24, 2.45) is 0 Å². The van der Waals surface area contributed by atoms with Crippen molar-refractivity contribution in [1.82, 2.24) is 5.32 Å². The summed E-state index contributed by atoms with van der Waals surface area (Å²) in [6.45, 7) is 6.39. The monoisotopic (exact) mass is 162 g/mol. The molecule has 0 aromatic heterocycles. The molecule has 1 radical (unpaired) electrons. The van der Waals surface area contributed by atoms with Crippen molar-refractivity contribution in [3.05, 3.63) is 0 Å². The third kappa shape index (κ3) is 8.91. The minimum absolute atomic E-state index is 0. The molecule has 0 spiro atoms. The molecule has 35 valence electrons. The first-order valence-electron chi connectivity index (χ1n) is 2.12. The van der Waals surface area contributed by atoms with E-state index in [9.17, 15) is 0 Å². The standard InChI is InChI=1S/C4H11N.Y/c1-3-5-4-2;/h5H,3-4H2,1-2H3;. The first-order valence-corrected chi connectivity index (χ1v) is 2.12. The van der Waals surface area contributed by atoms with E-state index < -0.39 is 0 Å². The van der Waals surface area contributed by atoms with Crippen molar-refractivity contribution in [1.29, 1.82) is 0 Å². The van der Waals surface area contributed by atoms with Crippen LogP contribution in [0.15, 0.2) is 0 Å². The van der Waals surface area contributed by atoms with Gasteiger partial charge in [0.15, 0.2) is 0 Å². The molecule has 0 saturated heterocycles. The topological polar surface area (TPSA) is 12.0 Å². The summed E-state index contributed by atoms with van der Waals surface area (Å²) >= 11 is 0. The molecular formula is C4H11NY. The molecule has 1 N–H and O–H groups in total. The van der Waals surface area contributed by atoms with Crippen LogP contribution in [0.3, 0.4) is 0 Å². The Kier molecular flexibility index (Phi) is 15.9. The summed E-state index contributed by atoms with van der Waals surface area (Å²) in [5, 5.41) is 3.11. The van der Waals surface area contributed by atoms with E-state index in [2.05, 4.69) is 19.2 Å². The third-order valence-corrected chi connectivity index (χ3v) is 0.500. The minimum atomic E-state index is 0. The molecule has 0 aliphatic rings. The van der Waals surface area contributed by atoms with Gasteiger partial charge in [0.2, 0.25) is 0 Å². The Morgan fingerprint density at radius 3 is 1.50 bits per heavy atom. The van der Waals surface area contributed by atoms with Crippen LogP contribution < -0.4 is 5.32 Å². The van der Waals surface area contributed by atoms with Crippen molar-refractivity contribution >= 4 is 0 Å². The van der Waals surface area contributed by atoms with Crippen LogP contribution in [0, 0.1) is 0 Å². The van der Waals surface area contributed by atoms with Crippen LogP contribution in [0.4, 0.5) is 0 Å². The molecule has 0 aromatic carbocycles. The summed E-state index contributed by atoms with van der Waals surface area (Å²) in [5.41, 5.74) is 0. The minimum Gasteiger partial charge on any atom is -0.317 e. The van der Waals surface area contributed by atoms with Crippen LogP contribution in [0.25, 0.3) is 0 Å². The van der Waals surface area contributed by atoms with Gasteiger partial charge in [-0.2, -0.15) is 0 Å². The molecular weight excluding hydrogens is 151 g/mol. The van der Waals surface area contributed by atoms with Crippen LogP contribution in [0.1, 0.15) is 13.8 Å². The Balaban J connectivity index is 0. The summed E-state index contributed by atoms with van der Waals surface area (Å²) in [4.78, 5) is 0. The summed E-state index contributed by atoms with van der Waals surface area (Å²) in [7, 11) is 0. The van der Waals surface area contributed by atoms with Crippen LogP contribution in [-0.4, -0.2) is 13.1 Å². The maximum atomic E-state index is 3.11. The summed E-state index contributed by atoms with van der Waals surface area (Å²) in [6.07, 6.45) is 0. The normalized spacial score (nSPS) is 7.00. The van der Waals surface area contributed by atoms with E-state index in [4.69, 9.17) is 0 Å². The van der Waals surface area contributed by atoms with E-state index in [1.165, 1.54) is 0 Å². The van der Waals surface area contributed by atoms with Crippen molar-refractivity contribution in [2.45, 2.75) is 13.8 Å². The Labute approximate surface area is 64.8 Å². The molecule has 0 unspecified atom stereocenters. The van der Waals surface area contributed by atoms with E-state index >= 15 is 0 Å². The fraction of sp³-hybridized carbons (Fsp3) is 1.00. The first kappa shape index (κ1) is 10.1. The maximum absolute atomic E-state index is 3.11. The third-order valence-electron chi connectivity index (χ3n) is 0.500. The Hall–Kier alpha value is 1.06. The average Bonchev–Trinajstić information content (AvgIpc) is 1.41. The van der Waals surface area contributed by atoms with Crippen LogP contribution in [0.2, 0.25) is 0 Å². The van der Waals surface area contributed by atoms with E-state index in [0.29, 0.717) is 0 Å². The van der Waals surface area contributed by atoms with E-state index in [-0.39, 0.29) is 32.7 Å². The van der Waals surface area contributed by atoms with Gasteiger partial charge in [0.05, 0.1) is 0 Å². The molecule has 0 bridgehead atoms. The number of nitrogens with one attached hydrogen (secondary N) is 1. The van der Waals surface area contributed by atoms with Gasteiger partial charge in [0.25, 0.3) is 0 Å². The van der Waals surface area contributed by atoms with Gasteiger partial charge in [-0.3, -0.25) is 0 Å². The van der Waals surface area contributed by atoms with Crippen molar-refractivity contribution in [2.75, 3.05) is 13.1 Å². The molecule has 0 saturated carbocycles. The van der Waals surface area contributed by atoms with Gasteiger partial charge in [-0.05, 0) is 13.1 Å². The van der Waals surface area contributed by atoms with Crippen molar-refractivity contribution in [3.8, 4) is 0 Å². The van der Waals surface area contributed by atoms with Gasteiger partial charge in [-0.15, -0.1) is 0 Å². The van der Waals surface area contributed by atoms with Crippen LogP contribution in [-0.2, 0) is 32.7 Å². The van der Waals surface area contributed by atoms with Gasteiger partial charge in [-0.1, -0.05) is 13.8 Å². The van der Waals surface area contributed by atoms with Gasteiger partial charge >= 0.3 is 0 Å². The van der Waals surface area contributed by atoms with Crippen molar-refractivity contribution < 1.29 is 32.7 Å². The second kappa shape index (κ2) is 9.42. The maximum Gasteiger partial charge on any atom is 0 e. The molecule has 0 rings (SSSR count). The molecule has 0 amide bonds. The van der Waals surface area contributed by atoms with Crippen molar-refractivity contribution in [3.63, 3.8) is 0 Å². The first-order chi connectivity index (χ1) is 2.41. The SMILES string of the molecule is CCNCC.[Y]. The molecule has 0 aliphatic carbocycles. The summed E-state index contributed by atoms with van der Waals surface area (Å²) in [5.74, 6) is 0. The second-order valence-electron chi connectivity index (χ2n) is 0.957. The number of hydrogen-bond donors (Lipinski definition) is 1. The Morgan fingerprint density at radius 1 is 1.17 bits per heavy atom. The summed E-state index contributed by atoms with van der Waals surface area (Å²) < 4.78 is 0. The predicted octanol–water partition coefficient (Wildman–Crippen LogP) is 0.613. The number of hydrogen-bond acceptors (Lipinski definition) is 1. The Bertz CT molecular complexity index is 15.0. The fourth-order valence-corrected chi connectivity index (χ4v) is 0.250. The zero-order valence-corrected chi connectivity index (χ0v) is 7.33. The fourth-order valence-electron chi connectivity index (χ4n) is 0.250. The van der Waals surface area contributed by atoms with E-state index in [1.807, 2.05) is 0 Å². The molecule has 0 fully saturated rings. The molecule has 2 heteroatoms. The van der Waals surface area contributed by atoms with Crippen LogP contribution >= 0.6 is 0 Å². The van der Waals surface area contributed by atoms with Gasteiger partial charge in [0.1, 0.15) is 0 Å². The molecule has 0 aromatic rings. The second-order valence-corrected chi connectivity index (χ2v) is 0.957. The largest absolute Gasteiger partial charge is 0.317 e. The van der Waals surface area contributed by atoms with Gasteiger partial charge in [-0.25, -0.2) is 0 Å². The predicted molar refractivity (Wildman–Crippen MR) is 24.2 cm³/mol. The molecule has 0 atom stereocenters. The smallest absolute Gasteiger partial charge is 0 e. The molecule has 0 heterocycles. The molecule has 1 nitrogen and oxygen atoms in total. The molecule has 0 aliphatic heterocycles. The quantitative estimate of drug-likeness (QED) is 0.627. The Morgan fingerprint density at radius 2 is 1.50 bits per heavy atom. The van der Waals surface area contributed by atoms with Gasteiger partial charge in [0, 0.05) is 32.7 Å². The van der Waals surface area contributed by atoms with Crippen LogP contribution in [0.5, 0.6) is 0 Å². The molecule has 6 heavy (non-hydrogen) atoms. The van der Waals surface area contributed by atoms with E-state index in [1.54, 1.807) is 0 Å². The van der Waals surface area contributed by atoms with E-state index in [0.717, 1.165) is 13.1 Å². The number of rotatable bonds is 2. The zero-order chi connectivity index (χ0) is 4.12. The summed E-state index contributed by atoms with van der Waals surface area (Å²) in [6, 6.07) is 0.